The van der Waals surface area contributed by atoms with Gasteiger partial charge in [0.15, 0.2) is 0 Å². The van der Waals surface area contributed by atoms with Crippen LogP contribution in [0.3, 0.4) is 0 Å². The smallest absolute Gasteiger partial charge is 0.348 e. The van der Waals surface area contributed by atoms with E-state index in [2.05, 4.69) is 13.8 Å². The van der Waals surface area contributed by atoms with Gasteiger partial charge in [-0.2, -0.15) is 5.26 Å². The summed E-state index contributed by atoms with van der Waals surface area (Å²) in [7, 11) is 0. The number of ether oxygens (including phenoxy) is 1. The van der Waals surface area contributed by atoms with E-state index in [1.165, 1.54) is 0 Å². The summed E-state index contributed by atoms with van der Waals surface area (Å²) in [5.41, 5.74) is 0.871. The van der Waals surface area contributed by atoms with Crippen molar-refractivity contribution in [2.75, 3.05) is 6.61 Å². The van der Waals surface area contributed by atoms with E-state index >= 15 is 0 Å². The van der Waals surface area contributed by atoms with Crippen LogP contribution in [0.4, 0.5) is 0 Å². The number of carbonyl (C=O) groups excluding carboxylic acids is 1. The van der Waals surface area contributed by atoms with E-state index in [1.54, 1.807) is 6.08 Å². The van der Waals surface area contributed by atoms with Gasteiger partial charge in [0.1, 0.15) is 11.6 Å². The van der Waals surface area contributed by atoms with Crippen molar-refractivity contribution < 1.29 is 9.53 Å². The van der Waals surface area contributed by atoms with Gasteiger partial charge in [-0.05, 0) is 24.0 Å². The lowest BCUT2D eigenvalue weighted by Gasteiger charge is -2.14. The highest BCUT2D eigenvalue weighted by atomic mass is 16.5. The third-order valence-corrected chi connectivity index (χ3v) is 3.44. The molecule has 0 N–H and O–H groups in total. The molecule has 112 valence electrons. The summed E-state index contributed by atoms with van der Waals surface area (Å²) in [6.45, 7) is 4.64. The van der Waals surface area contributed by atoms with Crippen LogP contribution in [0.2, 0.25) is 0 Å². The van der Waals surface area contributed by atoms with Gasteiger partial charge in [-0.15, -0.1) is 0 Å². The molecule has 1 rings (SSSR count). The molecule has 3 nitrogen and oxygen atoms in total. The number of benzene rings is 1. The molecule has 3 heteroatoms. The number of nitriles is 1. The topological polar surface area (TPSA) is 50.1 Å². The first-order valence-corrected chi connectivity index (χ1v) is 7.55. The van der Waals surface area contributed by atoms with E-state index in [-0.39, 0.29) is 5.57 Å². The van der Waals surface area contributed by atoms with Crippen molar-refractivity contribution in [3.8, 4) is 6.07 Å². The molecule has 1 unspecified atom stereocenters. The maximum absolute atomic E-state index is 12.0. The van der Waals surface area contributed by atoms with Crippen molar-refractivity contribution in [3.05, 3.63) is 41.5 Å². The van der Waals surface area contributed by atoms with Crippen LogP contribution in [0, 0.1) is 17.2 Å². The quantitative estimate of drug-likeness (QED) is 0.405. The summed E-state index contributed by atoms with van der Waals surface area (Å²) >= 11 is 0. The largest absolute Gasteiger partial charge is 0.461 e. The van der Waals surface area contributed by atoms with Gasteiger partial charge in [0.25, 0.3) is 0 Å². The third-order valence-electron chi connectivity index (χ3n) is 3.44. The fourth-order valence-corrected chi connectivity index (χ4v) is 2.02. The number of rotatable bonds is 8. The van der Waals surface area contributed by atoms with Crippen molar-refractivity contribution in [2.45, 2.75) is 39.5 Å². The fourth-order valence-electron chi connectivity index (χ4n) is 2.02. The first kappa shape index (κ1) is 17.0. The molecule has 1 aromatic rings. The van der Waals surface area contributed by atoms with E-state index in [4.69, 9.17) is 10.00 Å². The SMILES string of the molecule is CCCCC(CC)COC(=O)/C(C#N)=C/c1ccccc1. The van der Waals surface area contributed by atoms with E-state index in [9.17, 15) is 4.79 Å². The predicted octanol–water partition coefficient (Wildman–Crippen LogP) is 4.35. The molecule has 0 aromatic heterocycles. The molecule has 0 saturated heterocycles. The second-order valence-corrected chi connectivity index (χ2v) is 5.10. The summed E-state index contributed by atoms with van der Waals surface area (Å²) in [6.07, 6.45) is 5.89. The molecule has 1 atom stereocenters. The van der Waals surface area contributed by atoms with Crippen LogP contribution in [0.1, 0.15) is 45.1 Å². The first-order chi connectivity index (χ1) is 10.2. The van der Waals surface area contributed by atoms with Crippen molar-refractivity contribution in [2.24, 2.45) is 5.92 Å². The highest BCUT2D eigenvalue weighted by molar-refractivity contribution is 5.97. The highest BCUT2D eigenvalue weighted by Crippen LogP contribution is 2.14. The van der Waals surface area contributed by atoms with E-state index < -0.39 is 5.97 Å². The van der Waals surface area contributed by atoms with Gasteiger partial charge < -0.3 is 4.74 Å². The number of nitrogens with zero attached hydrogens (tertiary/aromatic N) is 1. The number of esters is 1. The molecule has 0 radical (unpaired) electrons. The van der Waals surface area contributed by atoms with Crippen LogP contribution < -0.4 is 0 Å². The van der Waals surface area contributed by atoms with Crippen molar-refractivity contribution in [1.82, 2.24) is 0 Å². The summed E-state index contributed by atoms with van der Waals surface area (Å²) in [4.78, 5) is 12.0. The predicted molar refractivity (Wildman–Crippen MR) is 84.3 cm³/mol. The molecule has 0 bridgehead atoms. The van der Waals surface area contributed by atoms with Crippen molar-refractivity contribution in [3.63, 3.8) is 0 Å². The lowest BCUT2D eigenvalue weighted by atomic mass is 10.0. The van der Waals surface area contributed by atoms with Gasteiger partial charge in [0, 0.05) is 0 Å². The minimum absolute atomic E-state index is 0.0477. The van der Waals surface area contributed by atoms with Crippen LogP contribution >= 0.6 is 0 Å². The van der Waals surface area contributed by atoms with Crippen LogP contribution in [-0.2, 0) is 9.53 Å². The zero-order chi connectivity index (χ0) is 15.5. The van der Waals surface area contributed by atoms with Gasteiger partial charge in [-0.3, -0.25) is 0 Å². The van der Waals surface area contributed by atoms with Crippen LogP contribution in [-0.4, -0.2) is 12.6 Å². The van der Waals surface area contributed by atoms with E-state index in [1.807, 2.05) is 36.4 Å². The summed E-state index contributed by atoms with van der Waals surface area (Å²) < 4.78 is 5.29. The number of carbonyl (C=O) groups is 1. The van der Waals surface area contributed by atoms with Gasteiger partial charge >= 0.3 is 5.97 Å². The van der Waals surface area contributed by atoms with E-state index in [0.29, 0.717) is 12.5 Å². The molecule has 0 aliphatic heterocycles. The average molecular weight is 285 g/mol. The zero-order valence-electron chi connectivity index (χ0n) is 12.8. The Balaban J connectivity index is 2.60. The Morgan fingerprint density at radius 2 is 2.05 bits per heavy atom. The Morgan fingerprint density at radius 1 is 1.33 bits per heavy atom. The Bertz CT molecular complexity index is 500. The van der Waals surface area contributed by atoms with Gasteiger partial charge in [-0.1, -0.05) is 63.4 Å². The second-order valence-electron chi connectivity index (χ2n) is 5.10. The second kappa shape index (κ2) is 9.77. The minimum Gasteiger partial charge on any atom is -0.461 e. The normalized spacial score (nSPS) is 12.5. The Kier molecular flexibility index (Phi) is 7.89. The maximum atomic E-state index is 12.0. The molecule has 0 fully saturated rings. The Morgan fingerprint density at radius 3 is 2.62 bits per heavy atom. The lowest BCUT2D eigenvalue weighted by Crippen LogP contribution is -2.14. The third kappa shape index (κ3) is 6.27. The zero-order valence-corrected chi connectivity index (χ0v) is 12.8. The molecule has 0 aliphatic carbocycles. The average Bonchev–Trinajstić information content (AvgIpc) is 2.53. The maximum Gasteiger partial charge on any atom is 0.348 e. The molecule has 0 aliphatic rings. The molecule has 21 heavy (non-hydrogen) atoms. The van der Waals surface area contributed by atoms with E-state index in [0.717, 1.165) is 31.2 Å². The Labute approximate surface area is 127 Å². The van der Waals surface area contributed by atoms with Crippen molar-refractivity contribution >= 4 is 12.0 Å². The van der Waals surface area contributed by atoms with Gasteiger partial charge in [0.2, 0.25) is 0 Å². The standard InChI is InChI=1S/C18H23NO2/c1-3-5-9-15(4-2)14-21-18(20)17(13-19)12-16-10-7-6-8-11-16/h6-8,10-12,15H,3-5,9,14H2,1-2H3/b17-12+. The van der Waals surface area contributed by atoms with Crippen LogP contribution in [0.25, 0.3) is 6.08 Å². The molecule has 0 spiro atoms. The molecule has 1 aromatic carbocycles. The van der Waals surface area contributed by atoms with Crippen LogP contribution in [0.15, 0.2) is 35.9 Å². The summed E-state index contributed by atoms with van der Waals surface area (Å²) in [6, 6.07) is 11.2. The lowest BCUT2D eigenvalue weighted by molar-refractivity contribution is -0.139. The number of hydrogen-bond donors (Lipinski definition) is 0. The van der Waals surface area contributed by atoms with Crippen LogP contribution in [0.5, 0.6) is 0 Å². The highest BCUT2D eigenvalue weighted by Gasteiger charge is 2.14. The van der Waals surface area contributed by atoms with Gasteiger partial charge in [0.05, 0.1) is 6.61 Å². The first-order valence-electron chi connectivity index (χ1n) is 7.55. The summed E-state index contributed by atoms with van der Waals surface area (Å²) in [5.74, 6) is -0.151. The van der Waals surface area contributed by atoms with Gasteiger partial charge in [-0.25, -0.2) is 4.79 Å². The number of unbranched alkanes of at least 4 members (excludes halogenated alkanes) is 1. The molecular weight excluding hydrogens is 262 g/mol. The molecule has 0 heterocycles. The minimum atomic E-state index is -0.531. The Hall–Kier alpha value is -2.08. The molecule has 0 amide bonds. The fraction of sp³-hybridized carbons (Fsp3) is 0.444. The number of hydrogen-bond acceptors (Lipinski definition) is 3. The molecule has 0 saturated carbocycles. The summed E-state index contributed by atoms with van der Waals surface area (Å²) in [5, 5.41) is 9.10. The molecular formula is C18H23NO2. The van der Waals surface area contributed by atoms with Crippen molar-refractivity contribution in [1.29, 1.82) is 5.26 Å². The monoisotopic (exact) mass is 285 g/mol.